The molecule has 6 nitrogen and oxygen atoms in total. The second-order valence-electron chi connectivity index (χ2n) is 7.20. The number of nitrogens with zero attached hydrogens (tertiary/aromatic N) is 1. The first kappa shape index (κ1) is 19.2. The molecule has 0 spiro atoms. The number of carbonyl (C=O) groups excluding carboxylic acids is 2. The van der Waals surface area contributed by atoms with Crippen molar-refractivity contribution in [1.29, 1.82) is 0 Å². The summed E-state index contributed by atoms with van der Waals surface area (Å²) in [7, 11) is 0. The Morgan fingerprint density at radius 1 is 1.22 bits per heavy atom. The SMILES string of the molecule is Cc1cc(C(=O)NC2CCN(C(=O)[C@@H](N)Cc3ccccc3)CC2)c(C)o1. The van der Waals surface area contributed by atoms with Crippen molar-refractivity contribution in [3.63, 3.8) is 0 Å². The molecule has 1 aliphatic rings. The third kappa shape index (κ3) is 4.77. The first-order valence-electron chi connectivity index (χ1n) is 9.40. The van der Waals surface area contributed by atoms with E-state index in [2.05, 4.69) is 5.32 Å². The van der Waals surface area contributed by atoms with Crippen LogP contribution in [0.2, 0.25) is 0 Å². The first-order valence-corrected chi connectivity index (χ1v) is 9.40. The van der Waals surface area contributed by atoms with Crippen LogP contribution in [0.4, 0.5) is 0 Å². The van der Waals surface area contributed by atoms with Crippen LogP contribution in [0.1, 0.15) is 40.3 Å². The summed E-state index contributed by atoms with van der Waals surface area (Å²) in [6, 6.07) is 11.1. The van der Waals surface area contributed by atoms with Gasteiger partial charge < -0.3 is 20.4 Å². The number of furan rings is 1. The lowest BCUT2D eigenvalue weighted by Crippen LogP contribution is -2.51. The minimum Gasteiger partial charge on any atom is -0.466 e. The van der Waals surface area contributed by atoms with E-state index in [9.17, 15) is 9.59 Å². The molecular weight excluding hydrogens is 342 g/mol. The van der Waals surface area contributed by atoms with Crippen LogP contribution in [0.3, 0.4) is 0 Å². The molecule has 0 unspecified atom stereocenters. The fourth-order valence-electron chi connectivity index (χ4n) is 3.55. The zero-order valence-electron chi connectivity index (χ0n) is 15.9. The molecule has 3 rings (SSSR count). The van der Waals surface area contributed by atoms with Gasteiger partial charge in [0.25, 0.3) is 5.91 Å². The van der Waals surface area contributed by atoms with Crippen LogP contribution >= 0.6 is 0 Å². The smallest absolute Gasteiger partial charge is 0.255 e. The molecule has 0 bridgehead atoms. The van der Waals surface area contributed by atoms with Crippen molar-refractivity contribution in [1.82, 2.24) is 10.2 Å². The Balaban J connectivity index is 1.48. The maximum Gasteiger partial charge on any atom is 0.255 e. The van der Waals surface area contributed by atoms with Crippen molar-refractivity contribution in [2.24, 2.45) is 5.73 Å². The highest BCUT2D eigenvalue weighted by Crippen LogP contribution is 2.16. The van der Waals surface area contributed by atoms with Gasteiger partial charge in [0, 0.05) is 19.1 Å². The molecule has 0 saturated carbocycles. The Hall–Kier alpha value is -2.60. The zero-order chi connectivity index (χ0) is 19.4. The average Bonchev–Trinajstić information content (AvgIpc) is 3.01. The van der Waals surface area contributed by atoms with Crippen molar-refractivity contribution in [2.75, 3.05) is 13.1 Å². The number of likely N-dealkylation sites (tertiary alicyclic amines) is 1. The quantitative estimate of drug-likeness (QED) is 0.845. The molecule has 0 radical (unpaired) electrons. The Bertz CT molecular complexity index is 792. The minimum atomic E-state index is -0.532. The van der Waals surface area contributed by atoms with Gasteiger partial charge in [-0.25, -0.2) is 0 Å². The highest BCUT2D eigenvalue weighted by Gasteiger charge is 2.27. The molecule has 2 amide bonds. The predicted molar refractivity (Wildman–Crippen MR) is 103 cm³/mol. The molecule has 1 atom stereocenters. The van der Waals surface area contributed by atoms with Crippen molar-refractivity contribution >= 4 is 11.8 Å². The Labute approximate surface area is 159 Å². The molecule has 144 valence electrons. The van der Waals surface area contributed by atoms with Crippen molar-refractivity contribution < 1.29 is 14.0 Å². The lowest BCUT2D eigenvalue weighted by Gasteiger charge is -2.33. The first-order chi connectivity index (χ1) is 12.9. The third-order valence-electron chi connectivity index (χ3n) is 5.04. The van der Waals surface area contributed by atoms with Gasteiger partial charge in [0.2, 0.25) is 5.91 Å². The lowest BCUT2D eigenvalue weighted by atomic mass is 10.0. The van der Waals surface area contributed by atoms with Gasteiger partial charge in [0.1, 0.15) is 11.5 Å². The highest BCUT2D eigenvalue weighted by molar-refractivity contribution is 5.95. The van der Waals surface area contributed by atoms with Gasteiger partial charge in [-0.3, -0.25) is 9.59 Å². The van der Waals surface area contributed by atoms with E-state index < -0.39 is 6.04 Å². The molecule has 1 saturated heterocycles. The number of amides is 2. The van der Waals surface area contributed by atoms with E-state index >= 15 is 0 Å². The predicted octanol–water partition coefficient (Wildman–Crippen LogP) is 2.19. The number of carbonyl (C=O) groups is 2. The molecule has 27 heavy (non-hydrogen) atoms. The van der Waals surface area contributed by atoms with Gasteiger partial charge in [0.15, 0.2) is 0 Å². The Kier molecular flexibility index (Phi) is 5.96. The molecule has 1 aromatic heterocycles. The van der Waals surface area contributed by atoms with Gasteiger partial charge in [0.05, 0.1) is 11.6 Å². The second-order valence-corrected chi connectivity index (χ2v) is 7.20. The van der Waals surface area contributed by atoms with E-state index in [1.54, 1.807) is 13.0 Å². The molecule has 1 aromatic carbocycles. The number of hydrogen-bond acceptors (Lipinski definition) is 4. The van der Waals surface area contributed by atoms with Crippen LogP contribution < -0.4 is 11.1 Å². The average molecular weight is 369 g/mol. The maximum atomic E-state index is 12.6. The minimum absolute atomic E-state index is 0.0232. The van der Waals surface area contributed by atoms with E-state index in [-0.39, 0.29) is 17.9 Å². The number of benzene rings is 1. The molecule has 1 fully saturated rings. The fraction of sp³-hybridized carbons (Fsp3) is 0.429. The van der Waals surface area contributed by atoms with Crippen molar-refractivity contribution in [2.45, 2.75) is 45.2 Å². The third-order valence-corrected chi connectivity index (χ3v) is 5.04. The summed E-state index contributed by atoms with van der Waals surface area (Å²) in [6.07, 6.45) is 1.99. The van der Waals surface area contributed by atoms with Crippen molar-refractivity contribution in [3.8, 4) is 0 Å². The number of nitrogens with two attached hydrogens (primary N) is 1. The second kappa shape index (κ2) is 8.39. The molecule has 2 heterocycles. The van der Waals surface area contributed by atoms with E-state index in [0.29, 0.717) is 30.8 Å². The van der Waals surface area contributed by atoms with E-state index in [1.807, 2.05) is 42.2 Å². The Morgan fingerprint density at radius 3 is 2.48 bits per heavy atom. The van der Waals surface area contributed by atoms with Crippen LogP contribution in [-0.4, -0.2) is 41.9 Å². The summed E-state index contributed by atoms with van der Waals surface area (Å²) < 4.78 is 5.42. The van der Waals surface area contributed by atoms with Crippen LogP contribution in [0.15, 0.2) is 40.8 Å². The molecule has 1 aliphatic heterocycles. The normalized spacial score (nSPS) is 16.2. The number of aryl methyl sites for hydroxylation is 2. The monoisotopic (exact) mass is 369 g/mol. The molecule has 0 aliphatic carbocycles. The summed E-state index contributed by atoms with van der Waals surface area (Å²) in [4.78, 5) is 26.8. The molecule has 3 N–H and O–H groups in total. The molecule has 6 heteroatoms. The Morgan fingerprint density at radius 2 is 1.89 bits per heavy atom. The zero-order valence-corrected chi connectivity index (χ0v) is 15.9. The molecule has 2 aromatic rings. The summed E-state index contributed by atoms with van der Waals surface area (Å²) >= 11 is 0. The van der Waals surface area contributed by atoms with Gasteiger partial charge in [-0.15, -0.1) is 0 Å². The summed E-state index contributed by atoms with van der Waals surface area (Å²) in [5, 5.41) is 3.05. The summed E-state index contributed by atoms with van der Waals surface area (Å²) in [5.74, 6) is 1.22. The van der Waals surface area contributed by atoms with Gasteiger partial charge in [-0.1, -0.05) is 30.3 Å². The topological polar surface area (TPSA) is 88.6 Å². The fourth-order valence-corrected chi connectivity index (χ4v) is 3.55. The number of nitrogens with one attached hydrogen (secondary N) is 1. The largest absolute Gasteiger partial charge is 0.466 e. The van der Waals surface area contributed by atoms with Gasteiger partial charge >= 0.3 is 0 Å². The van der Waals surface area contributed by atoms with Crippen molar-refractivity contribution in [3.05, 3.63) is 59.0 Å². The van der Waals surface area contributed by atoms with Gasteiger partial charge in [-0.2, -0.15) is 0 Å². The van der Waals surface area contributed by atoms with Crippen LogP contribution in [0, 0.1) is 13.8 Å². The molecular formula is C21H27N3O3. The van der Waals surface area contributed by atoms with E-state index in [1.165, 1.54) is 0 Å². The number of hydrogen-bond donors (Lipinski definition) is 2. The summed E-state index contributed by atoms with van der Waals surface area (Å²) in [5.41, 5.74) is 7.76. The standard InChI is InChI=1S/C21H27N3O3/c1-14-12-18(15(2)27-14)20(25)23-17-8-10-24(11-9-17)21(26)19(22)13-16-6-4-3-5-7-16/h3-7,12,17,19H,8-11,13,22H2,1-2H3,(H,23,25)/t19-/m0/s1. The van der Waals surface area contributed by atoms with E-state index in [4.69, 9.17) is 10.2 Å². The van der Waals surface area contributed by atoms with E-state index in [0.717, 1.165) is 24.2 Å². The van der Waals surface area contributed by atoms with Crippen LogP contribution in [0.25, 0.3) is 0 Å². The maximum absolute atomic E-state index is 12.6. The van der Waals surface area contributed by atoms with Crippen LogP contribution in [-0.2, 0) is 11.2 Å². The number of rotatable bonds is 5. The number of piperidine rings is 1. The van der Waals surface area contributed by atoms with Gasteiger partial charge in [-0.05, 0) is 44.7 Å². The highest BCUT2D eigenvalue weighted by atomic mass is 16.3. The van der Waals surface area contributed by atoms with Crippen LogP contribution in [0.5, 0.6) is 0 Å². The lowest BCUT2D eigenvalue weighted by molar-refractivity contribution is -0.133. The summed E-state index contributed by atoms with van der Waals surface area (Å²) in [6.45, 7) is 4.83.